The first-order valence-electron chi connectivity index (χ1n) is 5.27. The maximum absolute atomic E-state index is 11.7. The first kappa shape index (κ1) is 11.6. The van der Waals surface area contributed by atoms with Crippen LogP contribution in [0, 0.1) is 0 Å². The summed E-state index contributed by atoms with van der Waals surface area (Å²) >= 11 is 0. The summed E-state index contributed by atoms with van der Waals surface area (Å²) < 4.78 is 9.72. The SMILES string of the molecule is COC(=O)c1ccn(NC(=O)C2CCCO2)n1. The molecule has 0 aromatic carbocycles. The maximum atomic E-state index is 11.7. The second kappa shape index (κ2) is 4.96. The Morgan fingerprint density at radius 2 is 2.47 bits per heavy atom. The summed E-state index contributed by atoms with van der Waals surface area (Å²) in [6, 6.07) is 1.46. The van der Waals surface area contributed by atoms with Gasteiger partial charge in [-0.15, -0.1) is 5.10 Å². The third kappa shape index (κ3) is 2.62. The molecule has 1 atom stereocenters. The highest BCUT2D eigenvalue weighted by Crippen LogP contribution is 2.12. The highest BCUT2D eigenvalue weighted by atomic mass is 16.5. The van der Waals surface area contributed by atoms with Crippen LogP contribution in [0.25, 0.3) is 0 Å². The van der Waals surface area contributed by atoms with Crippen molar-refractivity contribution in [3.8, 4) is 0 Å². The second-order valence-corrected chi connectivity index (χ2v) is 3.61. The van der Waals surface area contributed by atoms with Crippen molar-refractivity contribution in [3.63, 3.8) is 0 Å². The standard InChI is InChI=1S/C10H13N3O4/c1-16-10(15)7-4-5-13(11-7)12-9(14)8-3-2-6-17-8/h4-5,8H,2-3,6H2,1H3,(H,12,14). The number of nitrogens with zero attached hydrogens (tertiary/aromatic N) is 2. The molecule has 0 radical (unpaired) electrons. The van der Waals surface area contributed by atoms with E-state index < -0.39 is 12.1 Å². The number of carbonyl (C=O) groups excluding carboxylic acids is 2. The van der Waals surface area contributed by atoms with Crippen molar-refractivity contribution in [1.82, 2.24) is 9.89 Å². The number of ether oxygens (including phenoxy) is 2. The number of hydrogen-bond donors (Lipinski definition) is 1. The van der Waals surface area contributed by atoms with Crippen molar-refractivity contribution in [2.45, 2.75) is 18.9 Å². The predicted octanol–water partition coefficient (Wildman–Crippen LogP) is -0.0812. The number of esters is 1. The summed E-state index contributed by atoms with van der Waals surface area (Å²) in [6.07, 6.45) is 2.63. The number of methoxy groups -OCH3 is 1. The second-order valence-electron chi connectivity index (χ2n) is 3.61. The molecule has 0 spiro atoms. The van der Waals surface area contributed by atoms with Gasteiger partial charge in [0.2, 0.25) is 0 Å². The smallest absolute Gasteiger partial charge is 0.358 e. The Bertz CT molecular complexity index is 423. The molecule has 2 rings (SSSR count). The number of rotatable bonds is 3. The normalized spacial score (nSPS) is 19.0. The van der Waals surface area contributed by atoms with Crippen LogP contribution < -0.4 is 5.43 Å². The van der Waals surface area contributed by atoms with E-state index in [-0.39, 0.29) is 11.6 Å². The largest absolute Gasteiger partial charge is 0.464 e. The van der Waals surface area contributed by atoms with E-state index in [0.717, 1.165) is 6.42 Å². The lowest BCUT2D eigenvalue weighted by Gasteiger charge is -2.09. The number of hydrogen-bond acceptors (Lipinski definition) is 5. The van der Waals surface area contributed by atoms with Crippen LogP contribution in [-0.4, -0.2) is 41.6 Å². The number of carbonyl (C=O) groups is 2. The summed E-state index contributed by atoms with van der Waals surface area (Å²) in [5, 5.41) is 3.85. The Hall–Kier alpha value is -1.89. The molecule has 17 heavy (non-hydrogen) atoms. The monoisotopic (exact) mass is 239 g/mol. The Morgan fingerprint density at radius 3 is 3.12 bits per heavy atom. The van der Waals surface area contributed by atoms with Gasteiger partial charge in [-0.2, -0.15) is 4.79 Å². The molecule has 1 N–H and O–H groups in total. The molecule has 1 aliphatic rings. The predicted molar refractivity (Wildman–Crippen MR) is 56.9 cm³/mol. The van der Waals surface area contributed by atoms with Gasteiger partial charge in [0.1, 0.15) is 6.10 Å². The third-order valence-corrected chi connectivity index (χ3v) is 2.43. The molecule has 1 aliphatic heterocycles. The zero-order valence-corrected chi connectivity index (χ0v) is 9.38. The van der Waals surface area contributed by atoms with E-state index in [1.54, 1.807) is 0 Å². The number of nitrogens with one attached hydrogen (secondary N) is 1. The first-order chi connectivity index (χ1) is 8.20. The van der Waals surface area contributed by atoms with Crippen LogP contribution in [0.3, 0.4) is 0 Å². The van der Waals surface area contributed by atoms with E-state index in [2.05, 4.69) is 15.3 Å². The molecule has 7 nitrogen and oxygen atoms in total. The Kier molecular flexibility index (Phi) is 3.38. The summed E-state index contributed by atoms with van der Waals surface area (Å²) in [4.78, 5) is 24.0. The Balaban J connectivity index is 1.96. The quantitative estimate of drug-likeness (QED) is 0.746. The fourth-order valence-electron chi connectivity index (χ4n) is 1.57. The van der Waals surface area contributed by atoms with Gasteiger partial charge in [0, 0.05) is 12.8 Å². The molecule has 0 bridgehead atoms. The van der Waals surface area contributed by atoms with Gasteiger partial charge in [-0.25, -0.2) is 10.2 Å². The van der Waals surface area contributed by atoms with Gasteiger partial charge < -0.3 is 9.47 Å². The molecule has 7 heteroatoms. The van der Waals surface area contributed by atoms with Crippen molar-refractivity contribution in [2.24, 2.45) is 0 Å². The number of amides is 1. The molecule has 1 unspecified atom stereocenters. The van der Waals surface area contributed by atoms with E-state index in [4.69, 9.17) is 4.74 Å². The van der Waals surface area contributed by atoms with Gasteiger partial charge >= 0.3 is 5.97 Å². The van der Waals surface area contributed by atoms with Crippen LogP contribution >= 0.6 is 0 Å². The van der Waals surface area contributed by atoms with Crippen LogP contribution in [-0.2, 0) is 14.3 Å². The molecular formula is C10H13N3O4. The zero-order valence-electron chi connectivity index (χ0n) is 9.38. The number of aromatic nitrogens is 2. The molecule has 0 saturated carbocycles. The van der Waals surface area contributed by atoms with Crippen LogP contribution in [0.4, 0.5) is 0 Å². The van der Waals surface area contributed by atoms with E-state index in [9.17, 15) is 9.59 Å². The Labute approximate surface area is 97.7 Å². The minimum absolute atomic E-state index is 0.139. The molecule has 0 aliphatic carbocycles. The molecule has 2 heterocycles. The lowest BCUT2D eigenvalue weighted by Crippen LogP contribution is -2.33. The minimum atomic E-state index is -0.546. The van der Waals surface area contributed by atoms with Crippen molar-refractivity contribution in [2.75, 3.05) is 19.1 Å². The van der Waals surface area contributed by atoms with Crippen LogP contribution in [0.1, 0.15) is 23.3 Å². The summed E-state index contributed by atoms with van der Waals surface area (Å²) in [7, 11) is 1.27. The van der Waals surface area contributed by atoms with Crippen molar-refractivity contribution in [3.05, 3.63) is 18.0 Å². The fraction of sp³-hybridized carbons (Fsp3) is 0.500. The average Bonchev–Trinajstić information content (AvgIpc) is 2.98. The summed E-state index contributed by atoms with van der Waals surface area (Å²) in [6.45, 7) is 0.602. The van der Waals surface area contributed by atoms with Crippen LogP contribution in [0.5, 0.6) is 0 Å². The van der Waals surface area contributed by atoms with Gasteiger partial charge in [-0.05, 0) is 18.9 Å². The summed E-state index contributed by atoms with van der Waals surface area (Å²) in [5.41, 5.74) is 2.66. The van der Waals surface area contributed by atoms with Gasteiger partial charge in [0.15, 0.2) is 5.69 Å². The van der Waals surface area contributed by atoms with E-state index >= 15 is 0 Å². The van der Waals surface area contributed by atoms with E-state index in [1.807, 2.05) is 0 Å². The molecule has 1 aromatic rings. The molecule has 1 fully saturated rings. The third-order valence-electron chi connectivity index (χ3n) is 2.43. The van der Waals surface area contributed by atoms with E-state index in [1.165, 1.54) is 24.2 Å². The molecule has 92 valence electrons. The summed E-state index contributed by atoms with van der Waals surface area (Å²) in [5.74, 6) is -0.808. The maximum Gasteiger partial charge on any atom is 0.358 e. The topological polar surface area (TPSA) is 82.5 Å². The van der Waals surface area contributed by atoms with Crippen molar-refractivity contribution < 1.29 is 19.1 Å². The fourth-order valence-corrected chi connectivity index (χ4v) is 1.57. The Morgan fingerprint density at radius 1 is 1.65 bits per heavy atom. The highest BCUT2D eigenvalue weighted by molar-refractivity contribution is 5.89. The molecule has 1 amide bonds. The van der Waals surface area contributed by atoms with Crippen molar-refractivity contribution >= 4 is 11.9 Å². The minimum Gasteiger partial charge on any atom is -0.464 e. The van der Waals surface area contributed by atoms with Crippen LogP contribution in [0.2, 0.25) is 0 Å². The van der Waals surface area contributed by atoms with Gasteiger partial charge in [0.25, 0.3) is 5.91 Å². The lowest BCUT2D eigenvalue weighted by molar-refractivity contribution is -0.125. The molecule has 1 aromatic heterocycles. The molecule has 1 saturated heterocycles. The average molecular weight is 239 g/mol. The first-order valence-corrected chi connectivity index (χ1v) is 5.27. The van der Waals surface area contributed by atoms with E-state index in [0.29, 0.717) is 13.0 Å². The molecular weight excluding hydrogens is 226 g/mol. The van der Waals surface area contributed by atoms with Gasteiger partial charge in [-0.1, -0.05) is 0 Å². The zero-order chi connectivity index (χ0) is 12.3. The van der Waals surface area contributed by atoms with Gasteiger partial charge in [-0.3, -0.25) is 4.79 Å². The van der Waals surface area contributed by atoms with Crippen LogP contribution in [0.15, 0.2) is 12.3 Å². The lowest BCUT2D eigenvalue weighted by atomic mass is 10.2. The van der Waals surface area contributed by atoms with Crippen molar-refractivity contribution in [1.29, 1.82) is 0 Å². The van der Waals surface area contributed by atoms with Gasteiger partial charge in [0.05, 0.1) is 7.11 Å². The highest BCUT2D eigenvalue weighted by Gasteiger charge is 2.24.